The zero-order chi connectivity index (χ0) is 11.4. The molecule has 0 aliphatic carbocycles. The quantitative estimate of drug-likeness (QED) is 0.860. The second-order valence-electron chi connectivity index (χ2n) is 3.41. The molecule has 0 aliphatic rings. The van der Waals surface area contributed by atoms with Crippen LogP contribution >= 0.6 is 0 Å². The number of halogens is 1. The summed E-state index contributed by atoms with van der Waals surface area (Å²) in [5.41, 5.74) is 0.748. The average Bonchev–Trinajstić information content (AvgIpc) is 2.81. The van der Waals surface area contributed by atoms with Crippen LogP contribution in [0.25, 0.3) is 0 Å². The molecule has 4 heteroatoms. The molecule has 2 aromatic heterocycles. The van der Waals surface area contributed by atoms with Crippen LogP contribution in [0.2, 0.25) is 0 Å². The van der Waals surface area contributed by atoms with Gasteiger partial charge in [0.2, 0.25) is 0 Å². The monoisotopic (exact) mass is 220 g/mol. The van der Waals surface area contributed by atoms with Crippen molar-refractivity contribution in [2.24, 2.45) is 0 Å². The van der Waals surface area contributed by atoms with Gasteiger partial charge in [0.1, 0.15) is 17.6 Å². The number of hydrogen-bond acceptors (Lipinski definition) is 3. The Morgan fingerprint density at radius 3 is 2.88 bits per heavy atom. The molecule has 0 saturated carbocycles. The Hall–Kier alpha value is -1.68. The molecule has 84 valence electrons. The van der Waals surface area contributed by atoms with Crippen LogP contribution in [0, 0.1) is 5.82 Å². The van der Waals surface area contributed by atoms with Gasteiger partial charge in [-0.05, 0) is 30.8 Å². The highest BCUT2D eigenvalue weighted by Crippen LogP contribution is 2.20. The van der Waals surface area contributed by atoms with Crippen LogP contribution in [0.15, 0.2) is 41.1 Å². The third kappa shape index (κ3) is 2.28. The third-order valence-corrected chi connectivity index (χ3v) is 2.28. The number of aromatic nitrogens is 1. The lowest BCUT2D eigenvalue weighted by Gasteiger charge is -2.14. The molecule has 0 radical (unpaired) electrons. The minimum absolute atomic E-state index is 0.124. The van der Waals surface area contributed by atoms with Crippen LogP contribution in [0.1, 0.15) is 24.4 Å². The lowest BCUT2D eigenvalue weighted by molar-refractivity contribution is 0.446. The molecule has 2 heterocycles. The van der Waals surface area contributed by atoms with E-state index in [9.17, 15) is 4.39 Å². The summed E-state index contributed by atoms with van der Waals surface area (Å²) in [5, 5.41) is 3.24. The number of rotatable bonds is 4. The van der Waals surface area contributed by atoms with Crippen molar-refractivity contribution >= 4 is 0 Å². The van der Waals surface area contributed by atoms with Gasteiger partial charge >= 0.3 is 0 Å². The highest BCUT2D eigenvalue weighted by molar-refractivity contribution is 5.20. The van der Waals surface area contributed by atoms with Gasteiger partial charge in [-0.15, -0.1) is 0 Å². The van der Waals surface area contributed by atoms with Crippen LogP contribution < -0.4 is 5.32 Å². The van der Waals surface area contributed by atoms with Crippen molar-refractivity contribution in [3.05, 3.63) is 54.0 Å². The van der Waals surface area contributed by atoms with E-state index in [1.165, 1.54) is 12.3 Å². The van der Waals surface area contributed by atoms with E-state index >= 15 is 0 Å². The molecule has 3 nitrogen and oxygen atoms in total. The summed E-state index contributed by atoms with van der Waals surface area (Å²) in [7, 11) is 0. The molecule has 1 N–H and O–H groups in total. The predicted molar refractivity (Wildman–Crippen MR) is 58.4 cm³/mol. The van der Waals surface area contributed by atoms with E-state index in [-0.39, 0.29) is 11.9 Å². The van der Waals surface area contributed by atoms with Crippen LogP contribution in [-0.2, 0) is 0 Å². The smallest absolute Gasteiger partial charge is 0.141 e. The lowest BCUT2D eigenvalue weighted by atomic mass is 10.1. The van der Waals surface area contributed by atoms with Gasteiger partial charge in [0.15, 0.2) is 0 Å². The molecule has 1 atom stereocenters. The van der Waals surface area contributed by atoms with Gasteiger partial charge in [-0.1, -0.05) is 6.92 Å². The van der Waals surface area contributed by atoms with Gasteiger partial charge in [0.05, 0.1) is 18.2 Å². The van der Waals surface area contributed by atoms with Crippen molar-refractivity contribution in [2.75, 3.05) is 6.54 Å². The maximum atomic E-state index is 12.8. The Bertz CT molecular complexity index is 425. The van der Waals surface area contributed by atoms with Crippen LogP contribution in [-0.4, -0.2) is 11.5 Å². The molecule has 0 aliphatic heterocycles. The predicted octanol–water partition coefficient (Wildman–Crippen LogP) is 2.51. The summed E-state index contributed by atoms with van der Waals surface area (Å²) < 4.78 is 18.1. The highest BCUT2D eigenvalue weighted by Gasteiger charge is 2.16. The SMILES string of the molecule is CCNC(c1ccc(F)cn1)c1ccco1. The molecular formula is C12H13FN2O. The summed E-state index contributed by atoms with van der Waals surface area (Å²) in [5.74, 6) is 0.444. The first-order valence-electron chi connectivity index (χ1n) is 5.19. The molecule has 0 spiro atoms. The zero-order valence-electron chi connectivity index (χ0n) is 8.98. The number of pyridine rings is 1. The van der Waals surface area contributed by atoms with Gasteiger partial charge in [-0.25, -0.2) is 4.39 Å². The van der Waals surface area contributed by atoms with Gasteiger partial charge < -0.3 is 9.73 Å². The second kappa shape index (κ2) is 4.90. The number of furan rings is 1. The van der Waals surface area contributed by atoms with Crippen LogP contribution in [0.3, 0.4) is 0 Å². The Morgan fingerprint density at radius 1 is 1.44 bits per heavy atom. The largest absolute Gasteiger partial charge is 0.467 e. The van der Waals surface area contributed by atoms with Gasteiger partial charge in [-0.3, -0.25) is 4.98 Å². The van der Waals surface area contributed by atoms with Crippen molar-refractivity contribution in [1.82, 2.24) is 10.3 Å². The van der Waals surface area contributed by atoms with E-state index in [0.717, 1.165) is 18.0 Å². The van der Waals surface area contributed by atoms with Crippen molar-refractivity contribution in [3.63, 3.8) is 0 Å². The summed E-state index contributed by atoms with van der Waals surface area (Å²) in [6, 6.07) is 6.63. The number of nitrogens with zero attached hydrogens (tertiary/aromatic N) is 1. The fraction of sp³-hybridized carbons (Fsp3) is 0.250. The third-order valence-electron chi connectivity index (χ3n) is 2.28. The lowest BCUT2D eigenvalue weighted by Crippen LogP contribution is -2.22. The number of nitrogens with one attached hydrogen (secondary N) is 1. The fourth-order valence-electron chi connectivity index (χ4n) is 1.57. The molecule has 0 aromatic carbocycles. The first kappa shape index (κ1) is 10.8. The standard InChI is InChI=1S/C12H13FN2O/c1-2-14-12(11-4-3-7-16-11)10-6-5-9(13)8-15-10/h3-8,12,14H,2H2,1H3. The van der Waals surface area contributed by atoms with Crippen LogP contribution in [0.4, 0.5) is 4.39 Å². The van der Waals surface area contributed by atoms with E-state index in [4.69, 9.17) is 4.42 Å². The Balaban J connectivity index is 2.29. The first-order chi connectivity index (χ1) is 7.81. The summed E-state index contributed by atoms with van der Waals surface area (Å²) in [6.07, 6.45) is 2.83. The molecule has 0 saturated heterocycles. The first-order valence-corrected chi connectivity index (χ1v) is 5.19. The summed E-state index contributed by atoms with van der Waals surface area (Å²) in [4.78, 5) is 4.06. The minimum atomic E-state index is -0.335. The van der Waals surface area contributed by atoms with E-state index in [2.05, 4.69) is 10.3 Å². The fourth-order valence-corrected chi connectivity index (χ4v) is 1.57. The molecule has 0 bridgehead atoms. The Morgan fingerprint density at radius 2 is 2.31 bits per heavy atom. The molecule has 16 heavy (non-hydrogen) atoms. The maximum absolute atomic E-state index is 12.8. The molecule has 0 fully saturated rings. The van der Waals surface area contributed by atoms with Gasteiger partial charge in [0, 0.05) is 0 Å². The Labute approximate surface area is 93.3 Å². The molecule has 0 amide bonds. The Kier molecular flexibility index (Phi) is 3.31. The second-order valence-corrected chi connectivity index (χ2v) is 3.41. The maximum Gasteiger partial charge on any atom is 0.141 e. The number of hydrogen-bond donors (Lipinski definition) is 1. The summed E-state index contributed by atoms with van der Waals surface area (Å²) in [6.45, 7) is 2.78. The van der Waals surface area contributed by atoms with Gasteiger partial charge in [-0.2, -0.15) is 0 Å². The van der Waals surface area contributed by atoms with Crippen LogP contribution in [0.5, 0.6) is 0 Å². The van der Waals surface area contributed by atoms with E-state index in [1.807, 2.05) is 19.1 Å². The van der Waals surface area contributed by atoms with Crippen molar-refractivity contribution in [2.45, 2.75) is 13.0 Å². The van der Waals surface area contributed by atoms with Crippen molar-refractivity contribution < 1.29 is 8.81 Å². The molecule has 1 unspecified atom stereocenters. The van der Waals surface area contributed by atoms with E-state index in [0.29, 0.717) is 0 Å². The van der Waals surface area contributed by atoms with Crippen molar-refractivity contribution in [1.29, 1.82) is 0 Å². The minimum Gasteiger partial charge on any atom is -0.467 e. The normalized spacial score (nSPS) is 12.6. The van der Waals surface area contributed by atoms with E-state index < -0.39 is 0 Å². The molecular weight excluding hydrogens is 207 g/mol. The zero-order valence-corrected chi connectivity index (χ0v) is 8.98. The van der Waals surface area contributed by atoms with Crippen molar-refractivity contribution in [3.8, 4) is 0 Å². The molecule has 2 rings (SSSR count). The van der Waals surface area contributed by atoms with E-state index in [1.54, 1.807) is 12.3 Å². The topological polar surface area (TPSA) is 38.1 Å². The van der Waals surface area contributed by atoms with Gasteiger partial charge in [0.25, 0.3) is 0 Å². The molecule has 2 aromatic rings. The summed E-state index contributed by atoms with van der Waals surface area (Å²) >= 11 is 0. The highest BCUT2D eigenvalue weighted by atomic mass is 19.1. The average molecular weight is 220 g/mol.